The van der Waals surface area contributed by atoms with E-state index in [2.05, 4.69) is 10.3 Å². The molecule has 0 aliphatic heterocycles. The second-order valence-electron chi connectivity index (χ2n) is 4.08. The Labute approximate surface area is 113 Å². The van der Waals surface area contributed by atoms with Gasteiger partial charge in [-0.2, -0.15) is 0 Å². The fraction of sp³-hybridized carbons (Fsp3) is 0.167. The number of hydrogen-bond acceptors (Lipinski definition) is 6. The fourth-order valence-corrected chi connectivity index (χ4v) is 1.63. The first-order valence-corrected chi connectivity index (χ1v) is 5.71. The first-order chi connectivity index (χ1) is 9.47. The molecule has 2 rings (SSSR count). The normalized spacial score (nSPS) is 10.2. The maximum atomic E-state index is 12.0. The standard InChI is InChI=1S/C12H12N4O4/c1-7-2-3-8(20-7)5-15-12(17)9-4-11(13)14-6-10(9)16(18)19/h2-4,6H,5H2,1H3,(H2,13,14)(H,15,17). The molecule has 8 nitrogen and oxygen atoms in total. The topological polar surface area (TPSA) is 124 Å². The van der Waals surface area contributed by atoms with Crippen molar-refractivity contribution in [1.29, 1.82) is 0 Å². The third kappa shape index (κ3) is 2.91. The minimum Gasteiger partial charge on any atom is -0.465 e. The number of nitro groups is 1. The van der Waals surface area contributed by atoms with Crippen molar-refractivity contribution in [3.8, 4) is 0 Å². The molecular formula is C12H12N4O4. The Hall–Kier alpha value is -2.90. The number of aryl methyl sites for hydroxylation is 1. The van der Waals surface area contributed by atoms with Crippen LogP contribution in [0.3, 0.4) is 0 Å². The van der Waals surface area contributed by atoms with Crippen LogP contribution in [0.25, 0.3) is 0 Å². The van der Waals surface area contributed by atoms with Gasteiger partial charge in [-0.3, -0.25) is 14.9 Å². The second-order valence-corrected chi connectivity index (χ2v) is 4.08. The summed E-state index contributed by atoms with van der Waals surface area (Å²) >= 11 is 0. The lowest BCUT2D eigenvalue weighted by Crippen LogP contribution is -2.23. The van der Waals surface area contributed by atoms with E-state index in [-0.39, 0.29) is 17.9 Å². The number of furan rings is 1. The minimum absolute atomic E-state index is 0.0367. The van der Waals surface area contributed by atoms with Crippen LogP contribution >= 0.6 is 0 Å². The first kappa shape index (κ1) is 13.5. The van der Waals surface area contributed by atoms with Crippen molar-refractivity contribution in [2.75, 3.05) is 5.73 Å². The van der Waals surface area contributed by atoms with Gasteiger partial charge in [-0.15, -0.1) is 0 Å². The lowest BCUT2D eigenvalue weighted by molar-refractivity contribution is -0.385. The zero-order chi connectivity index (χ0) is 14.7. The summed E-state index contributed by atoms with van der Waals surface area (Å²) in [6, 6.07) is 4.64. The fourth-order valence-electron chi connectivity index (χ4n) is 1.63. The number of nitrogen functional groups attached to an aromatic ring is 1. The number of carbonyl (C=O) groups excluding carboxylic acids is 1. The monoisotopic (exact) mass is 276 g/mol. The molecule has 0 saturated heterocycles. The van der Waals surface area contributed by atoms with Gasteiger partial charge in [0.1, 0.15) is 29.1 Å². The lowest BCUT2D eigenvalue weighted by Gasteiger charge is -2.04. The van der Waals surface area contributed by atoms with Gasteiger partial charge in [0.2, 0.25) is 0 Å². The van der Waals surface area contributed by atoms with E-state index in [0.29, 0.717) is 11.5 Å². The minimum atomic E-state index is -0.682. The third-order valence-electron chi connectivity index (χ3n) is 2.56. The Morgan fingerprint density at radius 3 is 2.90 bits per heavy atom. The van der Waals surface area contributed by atoms with Crippen LogP contribution in [0, 0.1) is 17.0 Å². The summed E-state index contributed by atoms with van der Waals surface area (Å²) in [5, 5.41) is 13.4. The summed E-state index contributed by atoms with van der Waals surface area (Å²) in [5.74, 6) is 0.698. The first-order valence-electron chi connectivity index (χ1n) is 5.71. The van der Waals surface area contributed by atoms with Crippen LogP contribution in [0.5, 0.6) is 0 Å². The third-order valence-corrected chi connectivity index (χ3v) is 2.56. The quantitative estimate of drug-likeness (QED) is 0.642. The highest BCUT2D eigenvalue weighted by Gasteiger charge is 2.21. The van der Waals surface area contributed by atoms with Gasteiger partial charge in [0.15, 0.2) is 0 Å². The number of hydrogen-bond donors (Lipinski definition) is 2. The molecule has 0 saturated carbocycles. The largest absolute Gasteiger partial charge is 0.465 e. The van der Waals surface area contributed by atoms with Gasteiger partial charge in [-0.1, -0.05) is 0 Å². The van der Waals surface area contributed by atoms with Crippen molar-refractivity contribution in [3.05, 3.63) is 51.6 Å². The van der Waals surface area contributed by atoms with Crippen LogP contribution in [0.4, 0.5) is 11.5 Å². The number of nitrogens with one attached hydrogen (secondary N) is 1. The van der Waals surface area contributed by atoms with E-state index in [1.54, 1.807) is 19.1 Å². The molecule has 2 aromatic rings. The van der Waals surface area contributed by atoms with Crippen LogP contribution in [0.15, 0.2) is 28.8 Å². The van der Waals surface area contributed by atoms with E-state index < -0.39 is 16.5 Å². The number of pyridine rings is 1. The molecule has 0 aromatic carbocycles. The Kier molecular flexibility index (Phi) is 3.65. The molecular weight excluding hydrogens is 264 g/mol. The number of aromatic nitrogens is 1. The van der Waals surface area contributed by atoms with E-state index in [0.717, 1.165) is 6.20 Å². The summed E-state index contributed by atoms with van der Waals surface area (Å²) in [7, 11) is 0. The van der Waals surface area contributed by atoms with Crippen molar-refractivity contribution in [1.82, 2.24) is 10.3 Å². The number of nitrogens with zero attached hydrogens (tertiary/aromatic N) is 2. The average Bonchev–Trinajstić information content (AvgIpc) is 2.81. The van der Waals surface area contributed by atoms with Crippen molar-refractivity contribution in [2.24, 2.45) is 0 Å². The molecule has 0 radical (unpaired) electrons. The van der Waals surface area contributed by atoms with Gasteiger partial charge in [0.25, 0.3) is 11.6 Å². The van der Waals surface area contributed by atoms with Crippen LogP contribution in [-0.4, -0.2) is 15.8 Å². The molecule has 20 heavy (non-hydrogen) atoms. The maximum absolute atomic E-state index is 12.0. The van der Waals surface area contributed by atoms with Crippen molar-refractivity contribution in [3.63, 3.8) is 0 Å². The molecule has 0 atom stereocenters. The van der Waals surface area contributed by atoms with Crippen molar-refractivity contribution in [2.45, 2.75) is 13.5 Å². The molecule has 0 spiro atoms. The molecule has 0 aliphatic rings. The molecule has 2 aromatic heterocycles. The molecule has 8 heteroatoms. The number of amides is 1. The van der Waals surface area contributed by atoms with Crippen LogP contribution < -0.4 is 11.1 Å². The molecule has 104 valence electrons. The molecule has 0 fully saturated rings. The van der Waals surface area contributed by atoms with Crippen LogP contribution in [0.1, 0.15) is 21.9 Å². The number of anilines is 1. The summed E-state index contributed by atoms with van der Waals surface area (Å²) in [6.07, 6.45) is 0.960. The molecule has 2 heterocycles. The smallest absolute Gasteiger partial charge is 0.300 e. The molecule has 0 aliphatic carbocycles. The summed E-state index contributed by atoms with van der Waals surface area (Å²) in [6.45, 7) is 1.91. The summed E-state index contributed by atoms with van der Waals surface area (Å²) in [4.78, 5) is 25.7. The highest BCUT2D eigenvalue weighted by molar-refractivity contribution is 5.98. The predicted octanol–water partition coefficient (Wildman–Crippen LogP) is 1.40. The van der Waals surface area contributed by atoms with Gasteiger partial charge in [0.05, 0.1) is 11.5 Å². The second kappa shape index (κ2) is 5.39. The Morgan fingerprint density at radius 1 is 1.55 bits per heavy atom. The molecule has 1 amide bonds. The Bertz CT molecular complexity index is 665. The maximum Gasteiger partial charge on any atom is 0.300 e. The van der Waals surface area contributed by atoms with E-state index in [9.17, 15) is 14.9 Å². The molecule has 0 unspecified atom stereocenters. The number of rotatable bonds is 4. The lowest BCUT2D eigenvalue weighted by atomic mass is 10.2. The summed E-state index contributed by atoms with van der Waals surface area (Å²) < 4.78 is 5.29. The van der Waals surface area contributed by atoms with Gasteiger partial charge >= 0.3 is 0 Å². The van der Waals surface area contributed by atoms with Crippen molar-refractivity contribution >= 4 is 17.4 Å². The van der Waals surface area contributed by atoms with Crippen molar-refractivity contribution < 1.29 is 14.1 Å². The molecule has 3 N–H and O–H groups in total. The summed E-state index contributed by atoms with van der Waals surface area (Å²) in [5.41, 5.74) is 4.91. The zero-order valence-corrected chi connectivity index (χ0v) is 10.6. The Balaban J connectivity index is 2.16. The van der Waals surface area contributed by atoms with Gasteiger partial charge < -0.3 is 15.5 Å². The van der Waals surface area contributed by atoms with Crippen LogP contribution in [0.2, 0.25) is 0 Å². The number of carbonyl (C=O) groups is 1. The van der Waals surface area contributed by atoms with Crippen LogP contribution in [-0.2, 0) is 6.54 Å². The predicted molar refractivity (Wildman–Crippen MR) is 69.9 cm³/mol. The molecule has 0 bridgehead atoms. The SMILES string of the molecule is Cc1ccc(CNC(=O)c2cc(N)ncc2[N+](=O)[O-])o1. The highest BCUT2D eigenvalue weighted by atomic mass is 16.6. The van der Waals surface area contributed by atoms with E-state index in [1.165, 1.54) is 6.07 Å². The number of nitrogens with two attached hydrogens (primary N) is 1. The van der Waals surface area contributed by atoms with Gasteiger partial charge in [-0.25, -0.2) is 4.98 Å². The van der Waals surface area contributed by atoms with Gasteiger partial charge in [0, 0.05) is 0 Å². The highest BCUT2D eigenvalue weighted by Crippen LogP contribution is 2.19. The van der Waals surface area contributed by atoms with E-state index in [1.807, 2.05) is 0 Å². The Morgan fingerprint density at radius 2 is 2.30 bits per heavy atom. The van der Waals surface area contributed by atoms with Gasteiger partial charge in [-0.05, 0) is 25.1 Å². The van der Waals surface area contributed by atoms with E-state index in [4.69, 9.17) is 10.2 Å². The average molecular weight is 276 g/mol. The zero-order valence-electron chi connectivity index (χ0n) is 10.6. The van der Waals surface area contributed by atoms with E-state index >= 15 is 0 Å².